The first-order valence-corrected chi connectivity index (χ1v) is 8.16. The van der Waals surface area contributed by atoms with Gasteiger partial charge in [0.05, 0.1) is 0 Å². The van der Waals surface area contributed by atoms with E-state index in [0.29, 0.717) is 11.8 Å². The van der Waals surface area contributed by atoms with Gasteiger partial charge in [-0.3, -0.25) is 4.79 Å². The number of carbonyl (C=O) groups excluding carboxylic acids is 1. The molecule has 2 saturated heterocycles. The fourth-order valence-corrected chi connectivity index (χ4v) is 3.50. The van der Waals surface area contributed by atoms with Crippen molar-refractivity contribution in [3.8, 4) is 5.75 Å². The van der Waals surface area contributed by atoms with Gasteiger partial charge in [-0.25, -0.2) is 0 Å². The van der Waals surface area contributed by atoms with Crippen LogP contribution in [0.4, 0.5) is 0 Å². The minimum absolute atomic E-state index is 0.00990. The molecule has 120 valence electrons. The van der Waals surface area contributed by atoms with Crippen molar-refractivity contribution in [2.75, 3.05) is 32.8 Å². The zero-order valence-electron chi connectivity index (χ0n) is 13.8. The van der Waals surface area contributed by atoms with Crippen LogP contribution >= 0.6 is 0 Å². The molecule has 2 aliphatic rings. The molecule has 1 amide bonds. The Morgan fingerprint density at radius 3 is 2.50 bits per heavy atom. The summed E-state index contributed by atoms with van der Waals surface area (Å²) >= 11 is 0. The van der Waals surface area contributed by atoms with Crippen molar-refractivity contribution in [3.63, 3.8) is 0 Å². The van der Waals surface area contributed by atoms with Crippen molar-refractivity contribution in [2.45, 2.75) is 26.2 Å². The first kappa shape index (κ1) is 15.3. The molecular weight excluding hydrogens is 276 g/mol. The number of hydrogen-bond acceptors (Lipinski definition) is 3. The summed E-state index contributed by atoms with van der Waals surface area (Å²) < 4.78 is 5.85. The lowest BCUT2D eigenvalue weighted by atomic mass is 9.86. The summed E-state index contributed by atoms with van der Waals surface area (Å²) in [6.45, 7) is 10.5. The summed E-state index contributed by atoms with van der Waals surface area (Å²) in [6.07, 6.45) is 0. The average molecular weight is 302 g/mol. The van der Waals surface area contributed by atoms with E-state index in [0.717, 1.165) is 37.5 Å². The number of rotatable bonds is 3. The molecule has 2 heterocycles. The number of amides is 1. The smallest absolute Gasteiger partial charge is 0.260 e. The van der Waals surface area contributed by atoms with Crippen LogP contribution in [0.15, 0.2) is 24.3 Å². The van der Waals surface area contributed by atoms with Crippen molar-refractivity contribution in [1.82, 2.24) is 10.2 Å². The summed E-state index contributed by atoms with van der Waals surface area (Å²) in [6, 6.07) is 8.01. The zero-order valence-corrected chi connectivity index (χ0v) is 13.8. The Morgan fingerprint density at radius 2 is 1.86 bits per heavy atom. The van der Waals surface area contributed by atoms with Crippen LogP contribution in [-0.4, -0.2) is 43.6 Å². The number of benzene rings is 1. The maximum Gasteiger partial charge on any atom is 0.260 e. The Bertz CT molecular complexity index is 538. The van der Waals surface area contributed by atoms with Crippen molar-refractivity contribution in [2.24, 2.45) is 11.8 Å². The molecule has 22 heavy (non-hydrogen) atoms. The van der Waals surface area contributed by atoms with E-state index < -0.39 is 0 Å². The van der Waals surface area contributed by atoms with E-state index in [4.69, 9.17) is 4.74 Å². The van der Waals surface area contributed by atoms with Gasteiger partial charge in [0, 0.05) is 26.2 Å². The predicted octanol–water partition coefficient (Wildman–Crippen LogP) is 2.04. The highest BCUT2D eigenvalue weighted by Gasteiger charge is 2.38. The Labute approximate surface area is 132 Å². The highest BCUT2D eigenvalue weighted by atomic mass is 16.5. The molecule has 3 rings (SSSR count). The Kier molecular flexibility index (Phi) is 4.13. The van der Waals surface area contributed by atoms with Crippen LogP contribution in [0.3, 0.4) is 0 Å². The zero-order chi connectivity index (χ0) is 15.7. The van der Waals surface area contributed by atoms with Crippen LogP contribution < -0.4 is 10.1 Å². The van der Waals surface area contributed by atoms with Gasteiger partial charge in [-0.2, -0.15) is 0 Å². The van der Waals surface area contributed by atoms with Gasteiger partial charge in [-0.15, -0.1) is 0 Å². The number of hydrogen-bond donors (Lipinski definition) is 1. The molecular formula is C18H26N2O2. The Balaban J connectivity index is 1.60. The van der Waals surface area contributed by atoms with E-state index >= 15 is 0 Å². The molecule has 2 aliphatic heterocycles. The van der Waals surface area contributed by atoms with Gasteiger partial charge in [-0.05, 0) is 28.9 Å². The molecule has 0 aliphatic carbocycles. The van der Waals surface area contributed by atoms with Crippen LogP contribution in [0, 0.1) is 11.8 Å². The van der Waals surface area contributed by atoms with E-state index in [-0.39, 0.29) is 17.9 Å². The van der Waals surface area contributed by atoms with Gasteiger partial charge in [0.2, 0.25) is 0 Å². The van der Waals surface area contributed by atoms with Crippen molar-refractivity contribution in [3.05, 3.63) is 29.8 Å². The van der Waals surface area contributed by atoms with Crippen LogP contribution in [0.25, 0.3) is 0 Å². The number of nitrogens with zero attached hydrogens (tertiary/aromatic N) is 1. The quantitative estimate of drug-likeness (QED) is 0.929. The lowest BCUT2D eigenvalue weighted by Gasteiger charge is -2.23. The standard InChI is InChI=1S/C18H26N2O2/c1-18(2,3)15-6-4-5-7-16(15)22-12-17(21)20-10-13-8-19-9-14(13)11-20/h4-7,13-14,19H,8-12H2,1-3H3/t13-,14+. The van der Waals surface area contributed by atoms with Crippen LogP contribution in [-0.2, 0) is 10.2 Å². The molecule has 0 bridgehead atoms. The third kappa shape index (κ3) is 3.12. The summed E-state index contributed by atoms with van der Waals surface area (Å²) in [5, 5.41) is 3.40. The Morgan fingerprint density at radius 1 is 1.23 bits per heavy atom. The van der Waals surface area contributed by atoms with E-state index in [2.05, 4.69) is 32.2 Å². The molecule has 2 atom stereocenters. The first-order chi connectivity index (χ1) is 10.4. The maximum absolute atomic E-state index is 12.4. The molecule has 4 nitrogen and oxygen atoms in total. The lowest BCUT2D eigenvalue weighted by Crippen LogP contribution is -2.35. The van der Waals surface area contributed by atoms with E-state index in [1.54, 1.807) is 0 Å². The topological polar surface area (TPSA) is 41.6 Å². The SMILES string of the molecule is CC(C)(C)c1ccccc1OCC(=O)N1C[C@H]2CNC[C@H]2C1. The van der Waals surface area contributed by atoms with Crippen LogP contribution in [0.2, 0.25) is 0 Å². The van der Waals surface area contributed by atoms with Crippen LogP contribution in [0.5, 0.6) is 5.75 Å². The van der Waals surface area contributed by atoms with Gasteiger partial charge in [0.25, 0.3) is 5.91 Å². The summed E-state index contributed by atoms with van der Waals surface area (Å²) in [4.78, 5) is 14.4. The second-order valence-corrected chi connectivity index (χ2v) is 7.51. The molecule has 0 saturated carbocycles. The molecule has 1 N–H and O–H groups in total. The molecule has 2 fully saturated rings. The van der Waals surface area contributed by atoms with E-state index in [1.165, 1.54) is 0 Å². The van der Waals surface area contributed by atoms with Gasteiger partial charge in [-0.1, -0.05) is 39.0 Å². The number of ether oxygens (including phenoxy) is 1. The summed E-state index contributed by atoms with van der Waals surface area (Å²) in [5.41, 5.74) is 1.15. The van der Waals surface area contributed by atoms with Crippen molar-refractivity contribution in [1.29, 1.82) is 0 Å². The average Bonchev–Trinajstić information content (AvgIpc) is 3.05. The molecule has 0 aromatic heterocycles. The summed E-state index contributed by atoms with van der Waals surface area (Å²) in [5.74, 6) is 2.19. The second-order valence-electron chi connectivity index (χ2n) is 7.51. The third-order valence-electron chi connectivity index (χ3n) is 4.79. The normalized spacial score (nSPS) is 24.4. The number of fused-ring (bicyclic) bond motifs is 1. The van der Waals surface area contributed by atoms with Gasteiger partial charge in [0.1, 0.15) is 5.75 Å². The van der Waals surface area contributed by atoms with E-state index in [9.17, 15) is 4.79 Å². The highest BCUT2D eigenvalue weighted by Crippen LogP contribution is 2.31. The van der Waals surface area contributed by atoms with Gasteiger partial charge < -0.3 is 15.0 Å². The van der Waals surface area contributed by atoms with E-state index in [1.807, 2.05) is 23.1 Å². The fraction of sp³-hybridized carbons (Fsp3) is 0.611. The summed E-state index contributed by atoms with van der Waals surface area (Å²) in [7, 11) is 0. The maximum atomic E-state index is 12.4. The van der Waals surface area contributed by atoms with Crippen molar-refractivity contribution < 1.29 is 9.53 Å². The molecule has 0 unspecified atom stereocenters. The molecule has 0 radical (unpaired) electrons. The van der Waals surface area contributed by atoms with Crippen LogP contribution in [0.1, 0.15) is 26.3 Å². The van der Waals surface area contributed by atoms with Crippen molar-refractivity contribution >= 4 is 5.91 Å². The minimum atomic E-state index is 0.00990. The van der Waals surface area contributed by atoms with Gasteiger partial charge in [0.15, 0.2) is 6.61 Å². The predicted molar refractivity (Wildman–Crippen MR) is 87.1 cm³/mol. The Hall–Kier alpha value is -1.55. The second kappa shape index (κ2) is 5.92. The number of nitrogens with one attached hydrogen (secondary N) is 1. The van der Waals surface area contributed by atoms with Gasteiger partial charge >= 0.3 is 0 Å². The lowest BCUT2D eigenvalue weighted by molar-refractivity contribution is -0.132. The largest absolute Gasteiger partial charge is 0.483 e. The monoisotopic (exact) mass is 302 g/mol. The minimum Gasteiger partial charge on any atom is -0.483 e. The first-order valence-electron chi connectivity index (χ1n) is 8.16. The molecule has 1 aromatic rings. The molecule has 1 aromatic carbocycles. The fourth-order valence-electron chi connectivity index (χ4n) is 3.50. The number of carbonyl (C=O) groups is 1. The number of para-hydroxylation sites is 1. The number of likely N-dealkylation sites (tertiary alicyclic amines) is 1. The molecule has 0 spiro atoms. The molecule has 4 heteroatoms. The highest BCUT2D eigenvalue weighted by molar-refractivity contribution is 5.78. The third-order valence-corrected chi connectivity index (χ3v) is 4.79.